The fourth-order valence-corrected chi connectivity index (χ4v) is 0.859. The SMILES string of the molecule is CC=C(C)C(C)=CC(C)C. The topological polar surface area (TPSA) is 0 Å². The molecule has 0 saturated heterocycles. The van der Waals surface area contributed by atoms with E-state index in [4.69, 9.17) is 0 Å². The molecule has 58 valence electrons. The number of allylic oxidation sites excluding steroid dienone is 4. The lowest BCUT2D eigenvalue weighted by Gasteiger charge is -2.02. The molecule has 0 aromatic carbocycles. The summed E-state index contributed by atoms with van der Waals surface area (Å²) >= 11 is 0. The Morgan fingerprint density at radius 1 is 1.10 bits per heavy atom. The lowest BCUT2D eigenvalue weighted by atomic mass is 10.0. The first kappa shape index (κ1) is 9.48. The Labute approximate surface area is 64.6 Å². The van der Waals surface area contributed by atoms with Crippen LogP contribution in [-0.4, -0.2) is 0 Å². The van der Waals surface area contributed by atoms with E-state index in [1.807, 2.05) is 0 Å². The first-order valence-corrected chi connectivity index (χ1v) is 3.89. The van der Waals surface area contributed by atoms with Gasteiger partial charge in [0.1, 0.15) is 0 Å². The van der Waals surface area contributed by atoms with Gasteiger partial charge in [0, 0.05) is 0 Å². The van der Waals surface area contributed by atoms with Crippen molar-refractivity contribution in [2.45, 2.75) is 34.6 Å². The molecule has 0 bridgehead atoms. The van der Waals surface area contributed by atoms with Crippen molar-refractivity contribution in [2.24, 2.45) is 5.92 Å². The smallest absolute Gasteiger partial charge is 0.0285 e. The van der Waals surface area contributed by atoms with E-state index in [0.29, 0.717) is 5.92 Å². The van der Waals surface area contributed by atoms with Crippen LogP contribution in [0.5, 0.6) is 0 Å². The van der Waals surface area contributed by atoms with Crippen molar-refractivity contribution in [1.82, 2.24) is 0 Å². The van der Waals surface area contributed by atoms with Gasteiger partial charge in [-0.2, -0.15) is 0 Å². The van der Waals surface area contributed by atoms with E-state index in [1.54, 1.807) is 0 Å². The van der Waals surface area contributed by atoms with Crippen LogP contribution >= 0.6 is 0 Å². The maximum atomic E-state index is 2.29. The zero-order chi connectivity index (χ0) is 8.15. The second-order valence-electron chi connectivity index (χ2n) is 3.07. The van der Waals surface area contributed by atoms with Crippen molar-refractivity contribution < 1.29 is 0 Å². The molecule has 0 aliphatic rings. The fraction of sp³-hybridized carbons (Fsp3) is 0.600. The summed E-state index contributed by atoms with van der Waals surface area (Å²) in [6.45, 7) is 10.8. The van der Waals surface area contributed by atoms with Crippen LogP contribution in [0.4, 0.5) is 0 Å². The van der Waals surface area contributed by atoms with Crippen molar-refractivity contribution in [3.8, 4) is 0 Å². The van der Waals surface area contributed by atoms with Crippen molar-refractivity contribution >= 4 is 0 Å². The van der Waals surface area contributed by atoms with Crippen LogP contribution in [0, 0.1) is 5.92 Å². The van der Waals surface area contributed by atoms with Crippen molar-refractivity contribution in [3.05, 3.63) is 23.3 Å². The zero-order valence-electron chi connectivity index (χ0n) is 7.73. The highest BCUT2D eigenvalue weighted by Gasteiger charge is 1.92. The van der Waals surface area contributed by atoms with E-state index in [1.165, 1.54) is 11.1 Å². The van der Waals surface area contributed by atoms with E-state index in [0.717, 1.165) is 0 Å². The highest BCUT2D eigenvalue weighted by atomic mass is 14.0. The molecule has 0 aliphatic carbocycles. The third kappa shape index (κ3) is 3.49. The molecule has 10 heavy (non-hydrogen) atoms. The lowest BCUT2D eigenvalue weighted by Crippen LogP contribution is -1.84. The van der Waals surface area contributed by atoms with Crippen LogP contribution in [0.3, 0.4) is 0 Å². The summed E-state index contributed by atoms with van der Waals surface area (Å²) < 4.78 is 0. The van der Waals surface area contributed by atoms with Gasteiger partial charge in [0.25, 0.3) is 0 Å². The molecule has 0 atom stereocenters. The first-order valence-electron chi connectivity index (χ1n) is 3.89. The molecule has 0 radical (unpaired) electrons. The molecule has 0 spiro atoms. The molecule has 0 heteroatoms. The first-order chi connectivity index (χ1) is 4.57. The minimum Gasteiger partial charge on any atom is -0.0845 e. The molecule has 0 heterocycles. The predicted molar refractivity (Wildman–Crippen MR) is 48.0 cm³/mol. The molecule has 0 N–H and O–H groups in total. The van der Waals surface area contributed by atoms with Crippen LogP contribution in [-0.2, 0) is 0 Å². The van der Waals surface area contributed by atoms with E-state index < -0.39 is 0 Å². The van der Waals surface area contributed by atoms with Gasteiger partial charge in [0.05, 0.1) is 0 Å². The minimum atomic E-state index is 0.662. The highest BCUT2D eigenvalue weighted by Crippen LogP contribution is 2.10. The number of hydrogen-bond donors (Lipinski definition) is 0. The molecule has 0 unspecified atom stereocenters. The third-order valence-corrected chi connectivity index (χ3v) is 1.64. The van der Waals surface area contributed by atoms with E-state index in [-0.39, 0.29) is 0 Å². The Hall–Kier alpha value is -0.520. The van der Waals surface area contributed by atoms with Gasteiger partial charge in [0.15, 0.2) is 0 Å². The second kappa shape index (κ2) is 4.32. The fourth-order valence-electron chi connectivity index (χ4n) is 0.859. The van der Waals surface area contributed by atoms with Crippen LogP contribution < -0.4 is 0 Å². The predicted octanol–water partition coefficient (Wildman–Crippen LogP) is 3.55. The molecule has 0 aromatic heterocycles. The van der Waals surface area contributed by atoms with Gasteiger partial charge >= 0.3 is 0 Å². The molecule has 0 saturated carbocycles. The maximum Gasteiger partial charge on any atom is -0.0285 e. The van der Waals surface area contributed by atoms with Crippen molar-refractivity contribution in [1.29, 1.82) is 0 Å². The second-order valence-corrected chi connectivity index (χ2v) is 3.07. The molecule has 0 fully saturated rings. The van der Waals surface area contributed by atoms with Gasteiger partial charge in [-0.25, -0.2) is 0 Å². The van der Waals surface area contributed by atoms with E-state index >= 15 is 0 Å². The van der Waals surface area contributed by atoms with Crippen LogP contribution in [0.2, 0.25) is 0 Å². The van der Waals surface area contributed by atoms with Crippen LogP contribution in [0.25, 0.3) is 0 Å². The van der Waals surface area contributed by atoms with Crippen LogP contribution in [0.1, 0.15) is 34.6 Å². The van der Waals surface area contributed by atoms with Crippen molar-refractivity contribution in [2.75, 3.05) is 0 Å². The molecule has 0 nitrogen and oxygen atoms in total. The number of hydrogen-bond acceptors (Lipinski definition) is 0. The Bertz CT molecular complexity index is 147. The molecule has 0 aliphatic heterocycles. The standard InChI is InChI=1S/C10H18/c1-6-9(4)10(5)7-8(2)3/h6-8H,1-5H3. The monoisotopic (exact) mass is 138 g/mol. The Kier molecular flexibility index (Phi) is 4.10. The average molecular weight is 138 g/mol. The summed E-state index contributed by atoms with van der Waals surface area (Å²) in [4.78, 5) is 0. The lowest BCUT2D eigenvalue weighted by molar-refractivity contribution is 0.823. The van der Waals surface area contributed by atoms with Gasteiger partial charge in [0.2, 0.25) is 0 Å². The Morgan fingerprint density at radius 3 is 1.90 bits per heavy atom. The summed E-state index contributed by atoms with van der Waals surface area (Å²) in [5.41, 5.74) is 2.78. The minimum absolute atomic E-state index is 0.662. The van der Waals surface area contributed by atoms with E-state index in [9.17, 15) is 0 Å². The van der Waals surface area contributed by atoms with Gasteiger partial charge < -0.3 is 0 Å². The van der Waals surface area contributed by atoms with Gasteiger partial charge in [-0.15, -0.1) is 0 Å². The maximum absolute atomic E-state index is 2.29. The van der Waals surface area contributed by atoms with Gasteiger partial charge in [-0.05, 0) is 26.7 Å². The molecular formula is C10H18. The summed E-state index contributed by atoms with van der Waals surface area (Å²) in [7, 11) is 0. The van der Waals surface area contributed by atoms with Gasteiger partial charge in [-0.3, -0.25) is 0 Å². The molecule has 0 aromatic rings. The summed E-state index contributed by atoms with van der Waals surface area (Å²) in [6, 6.07) is 0. The highest BCUT2D eigenvalue weighted by molar-refractivity contribution is 5.26. The summed E-state index contributed by atoms with van der Waals surface area (Å²) in [5.74, 6) is 0.662. The summed E-state index contributed by atoms with van der Waals surface area (Å²) in [6.07, 6.45) is 4.43. The molecule has 0 amide bonds. The largest absolute Gasteiger partial charge is 0.0845 e. The quantitative estimate of drug-likeness (QED) is 0.512. The zero-order valence-corrected chi connectivity index (χ0v) is 7.73. The molecule has 0 rings (SSSR count). The number of rotatable bonds is 2. The van der Waals surface area contributed by atoms with Crippen LogP contribution in [0.15, 0.2) is 23.3 Å². The normalized spacial score (nSPS) is 14.6. The molecular weight excluding hydrogens is 120 g/mol. The third-order valence-electron chi connectivity index (χ3n) is 1.64. The summed E-state index contributed by atoms with van der Waals surface area (Å²) in [5, 5.41) is 0. The van der Waals surface area contributed by atoms with Crippen molar-refractivity contribution in [3.63, 3.8) is 0 Å². The Morgan fingerprint density at radius 2 is 1.60 bits per heavy atom. The average Bonchev–Trinajstić information content (AvgIpc) is 1.85. The van der Waals surface area contributed by atoms with E-state index in [2.05, 4.69) is 46.8 Å². The Balaban J connectivity index is 4.20. The van der Waals surface area contributed by atoms with Gasteiger partial charge in [-0.1, -0.05) is 37.1 Å².